The topological polar surface area (TPSA) is 32.3 Å². The van der Waals surface area contributed by atoms with Gasteiger partial charge in [-0.1, -0.05) is 20.3 Å². The van der Waals surface area contributed by atoms with Gasteiger partial charge in [-0.25, -0.2) is 0 Å². The maximum atomic E-state index is 12.2. The molecule has 0 bridgehead atoms. The van der Waals surface area contributed by atoms with Crippen LogP contribution in [0, 0.1) is 5.41 Å². The third-order valence-corrected chi connectivity index (χ3v) is 4.04. The summed E-state index contributed by atoms with van der Waals surface area (Å²) in [6, 6.07) is 0.106. The number of carbonyl (C=O) groups is 1. The quantitative estimate of drug-likeness (QED) is 0.736. The molecule has 92 valence electrons. The highest BCUT2D eigenvalue weighted by Gasteiger charge is 2.31. The van der Waals surface area contributed by atoms with Gasteiger partial charge in [-0.05, 0) is 37.6 Å². The van der Waals surface area contributed by atoms with E-state index in [4.69, 9.17) is 0 Å². The van der Waals surface area contributed by atoms with Gasteiger partial charge in [-0.2, -0.15) is 0 Å². The summed E-state index contributed by atoms with van der Waals surface area (Å²) in [7, 11) is 0. The predicted octanol–water partition coefficient (Wildman–Crippen LogP) is 1.78. The highest BCUT2D eigenvalue weighted by Crippen LogP contribution is 2.30. The first-order valence-electron chi connectivity index (χ1n) is 6.61. The van der Waals surface area contributed by atoms with E-state index in [1.165, 1.54) is 12.8 Å². The van der Waals surface area contributed by atoms with Crippen LogP contribution in [0.25, 0.3) is 0 Å². The zero-order chi connectivity index (χ0) is 11.6. The third-order valence-electron chi connectivity index (χ3n) is 4.04. The van der Waals surface area contributed by atoms with Gasteiger partial charge in [-0.3, -0.25) is 4.79 Å². The fraction of sp³-hybridized carbons (Fsp3) is 0.923. The molecule has 2 aliphatic heterocycles. The predicted molar refractivity (Wildman–Crippen MR) is 65.2 cm³/mol. The number of nitrogens with zero attached hydrogens (tertiary/aromatic N) is 1. The molecule has 3 heteroatoms. The summed E-state index contributed by atoms with van der Waals surface area (Å²) in [5, 5.41) is 3.35. The molecular weight excluding hydrogens is 200 g/mol. The van der Waals surface area contributed by atoms with Crippen molar-refractivity contribution in [1.82, 2.24) is 10.2 Å². The number of likely N-dealkylation sites (tertiary alicyclic amines) is 1. The number of rotatable bonds is 1. The molecule has 0 aromatic carbocycles. The molecule has 0 aromatic rings. The van der Waals surface area contributed by atoms with Gasteiger partial charge in [0.05, 0.1) is 6.04 Å². The van der Waals surface area contributed by atoms with Gasteiger partial charge in [0, 0.05) is 13.1 Å². The van der Waals surface area contributed by atoms with Crippen molar-refractivity contribution in [3.05, 3.63) is 0 Å². The smallest absolute Gasteiger partial charge is 0.239 e. The van der Waals surface area contributed by atoms with Crippen molar-refractivity contribution in [1.29, 1.82) is 0 Å². The summed E-state index contributed by atoms with van der Waals surface area (Å²) in [5.41, 5.74) is 0.427. The number of carbonyl (C=O) groups excluding carboxylic acids is 1. The lowest BCUT2D eigenvalue weighted by atomic mass is 9.82. The molecule has 2 rings (SSSR count). The van der Waals surface area contributed by atoms with Crippen LogP contribution in [0.15, 0.2) is 0 Å². The van der Waals surface area contributed by atoms with Crippen LogP contribution < -0.4 is 5.32 Å². The van der Waals surface area contributed by atoms with Crippen molar-refractivity contribution in [3.63, 3.8) is 0 Å². The van der Waals surface area contributed by atoms with E-state index in [0.29, 0.717) is 11.3 Å². The Bertz CT molecular complexity index is 247. The Morgan fingerprint density at radius 1 is 1.25 bits per heavy atom. The largest absolute Gasteiger partial charge is 0.341 e. The Kier molecular flexibility index (Phi) is 3.53. The highest BCUT2D eigenvalue weighted by molar-refractivity contribution is 5.82. The minimum absolute atomic E-state index is 0.106. The van der Waals surface area contributed by atoms with Crippen LogP contribution in [0.1, 0.15) is 46.0 Å². The van der Waals surface area contributed by atoms with Gasteiger partial charge in [0.2, 0.25) is 5.91 Å². The van der Waals surface area contributed by atoms with Crippen molar-refractivity contribution >= 4 is 5.91 Å². The zero-order valence-corrected chi connectivity index (χ0v) is 10.6. The number of nitrogens with one attached hydrogen (secondary N) is 1. The minimum atomic E-state index is 0.106. The second-order valence-corrected chi connectivity index (χ2v) is 5.99. The number of hydrogen-bond acceptors (Lipinski definition) is 2. The lowest BCUT2D eigenvalue weighted by Gasteiger charge is -2.39. The molecule has 1 amide bonds. The summed E-state index contributed by atoms with van der Waals surface area (Å²) < 4.78 is 0. The van der Waals surface area contributed by atoms with Gasteiger partial charge in [0.1, 0.15) is 0 Å². The Labute approximate surface area is 98.6 Å². The normalized spacial score (nSPS) is 30.1. The van der Waals surface area contributed by atoms with Crippen LogP contribution >= 0.6 is 0 Å². The SMILES string of the molecule is CC1(C)CCN(C(=O)[C@@H]2CCCCN2)CC1. The summed E-state index contributed by atoms with van der Waals surface area (Å²) in [6.07, 6.45) is 5.73. The molecule has 0 radical (unpaired) electrons. The molecule has 16 heavy (non-hydrogen) atoms. The molecule has 0 aromatic heterocycles. The summed E-state index contributed by atoms with van der Waals surface area (Å²) in [4.78, 5) is 14.3. The summed E-state index contributed by atoms with van der Waals surface area (Å²) >= 11 is 0. The molecule has 2 aliphatic rings. The first-order valence-corrected chi connectivity index (χ1v) is 6.61. The second-order valence-electron chi connectivity index (χ2n) is 5.99. The maximum absolute atomic E-state index is 12.2. The second kappa shape index (κ2) is 4.74. The minimum Gasteiger partial charge on any atom is -0.341 e. The lowest BCUT2D eigenvalue weighted by Crippen LogP contribution is -2.51. The molecule has 2 saturated heterocycles. The van der Waals surface area contributed by atoms with Crippen LogP contribution in [0.4, 0.5) is 0 Å². The monoisotopic (exact) mass is 224 g/mol. The Balaban J connectivity index is 1.86. The van der Waals surface area contributed by atoms with Gasteiger partial charge in [-0.15, -0.1) is 0 Å². The molecule has 0 unspecified atom stereocenters. The first-order chi connectivity index (χ1) is 7.58. The van der Waals surface area contributed by atoms with Gasteiger partial charge >= 0.3 is 0 Å². The average molecular weight is 224 g/mol. The maximum Gasteiger partial charge on any atom is 0.239 e. The van der Waals surface area contributed by atoms with E-state index < -0.39 is 0 Å². The Hall–Kier alpha value is -0.570. The fourth-order valence-electron chi connectivity index (χ4n) is 2.62. The van der Waals surface area contributed by atoms with Crippen LogP contribution in [0.2, 0.25) is 0 Å². The van der Waals surface area contributed by atoms with Crippen molar-refractivity contribution in [2.24, 2.45) is 5.41 Å². The first kappa shape index (κ1) is 11.9. The molecule has 0 spiro atoms. The van der Waals surface area contributed by atoms with E-state index >= 15 is 0 Å². The molecule has 3 nitrogen and oxygen atoms in total. The van der Waals surface area contributed by atoms with E-state index in [9.17, 15) is 4.79 Å². The van der Waals surface area contributed by atoms with Crippen LogP contribution in [0.5, 0.6) is 0 Å². The van der Waals surface area contributed by atoms with Gasteiger partial charge < -0.3 is 10.2 Å². The Morgan fingerprint density at radius 3 is 2.50 bits per heavy atom. The summed E-state index contributed by atoms with van der Waals surface area (Å²) in [6.45, 7) is 7.51. The van der Waals surface area contributed by atoms with Crippen molar-refractivity contribution in [3.8, 4) is 0 Å². The zero-order valence-electron chi connectivity index (χ0n) is 10.6. The highest BCUT2D eigenvalue weighted by atomic mass is 16.2. The Morgan fingerprint density at radius 2 is 1.94 bits per heavy atom. The van der Waals surface area contributed by atoms with Crippen LogP contribution in [-0.2, 0) is 4.79 Å². The van der Waals surface area contributed by atoms with Crippen LogP contribution in [-0.4, -0.2) is 36.5 Å². The van der Waals surface area contributed by atoms with Crippen molar-refractivity contribution < 1.29 is 4.79 Å². The number of hydrogen-bond donors (Lipinski definition) is 1. The third kappa shape index (κ3) is 2.76. The average Bonchev–Trinajstić information content (AvgIpc) is 2.29. The molecule has 1 N–H and O–H groups in total. The van der Waals surface area contributed by atoms with Crippen molar-refractivity contribution in [2.75, 3.05) is 19.6 Å². The van der Waals surface area contributed by atoms with E-state index in [2.05, 4.69) is 24.1 Å². The molecule has 1 atom stereocenters. The fourth-order valence-corrected chi connectivity index (χ4v) is 2.62. The molecule has 0 aliphatic carbocycles. The number of amides is 1. The number of piperidine rings is 2. The van der Waals surface area contributed by atoms with E-state index in [1.54, 1.807) is 0 Å². The van der Waals surface area contributed by atoms with E-state index in [0.717, 1.165) is 38.9 Å². The van der Waals surface area contributed by atoms with E-state index in [1.807, 2.05) is 0 Å². The molecular formula is C13H24N2O. The standard InChI is InChI=1S/C13H24N2O/c1-13(2)6-9-15(10-7-13)12(16)11-5-3-4-8-14-11/h11,14H,3-10H2,1-2H3/t11-/m0/s1. The molecule has 0 saturated carbocycles. The van der Waals surface area contributed by atoms with Gasteiger partial charge in [0.25, 0.3) is 0 Å². The summed E-state index contributed by atoms with van der Waals surface area (Å²) in [5.74, 6) is 0.343. The lowest BCUT2D eigenvalue weighted by molar-refractivity contribution is -0.136. The van der Waals surface area contributed by atoms with Crippen LogP contribution in [0.3, 0.4) is 0 Å². The molecule has 2 heterocycles. The molecule has 2 fully saturated rings. The van der Waals surface area contributed by atoms with Gasteiger partial charge in [0.15, 0.2) is 0 Å². The van der Waals surface area contributed by atoms with E-state index in [-0.39, 0.29) is 6.04 Å². The van der Waals surface area contributed by atoms with Crippen molar-refractivity contribution in [2.45, 2.75) is 52.0 Å².